The average Bonchev–Trinajstić information content (AvgIpc) is 3.41. The summed E-state index contributed by atoms with van der Waals surface area (Å²) >= 11 is 0. The highest BCUT2D eigenvalue weighted by Crippen LogP contribution is 2.23. The maximum atomic E-state index is 12.1. The van der Waals surface area contributed by atoms with E-state index in [1.807, 2.05) is 6.92 Å². The van der Waals surface area contributed by atoms with Gasteiger partial charge in [-0.3, -0.25) is 4.79 Å². The van der Waals surface area contributed by atoms with Crippen molar-refractivity contribution in [1.82, 2.24) is 30.7 Å². The van der Waals surface area contributed by atoms with Crippen molar-refractivity contribution >= 4 is 11.9 Å². The summed E-state index contributed by atoms with van der Waals surface area (Å²) in [6, 6.07) is 8.59. The molecule has 3 N–H and O–H groups in total. The van der Waals surface area contributed by atoms with E-state index in [4.69, 9.17) is 4.74 Å². The minimum Gasteiger partial charge on any atom is -0.371 e. The smallest absolute Gasteiger partial charge is 0.246 e. The Bertz CT molecular complexity index is 935. The third-order valence-electron chi connectivity index (χ3n) is 5.13. The number of hydrogen-bond acceptors (Lipinski definition) is 7. The number of ether oxygens (including phenoxy) is 1. The molecule has 30 heavy (non-hydrogen) atoms. The van der Waals surface area contributed by atoms with Gasteiger partial charge < -0.3 is 15.4 Å². The van der Waals surface area contributed by atoms with Gasteiger partial charge in [0.1, 0.15) is 6.61 Å². The van der Waals surface area contributed by atoms with Crippen LogP contribution >= 0.6 is 0 Å². The highest BCUT2D eigenvalue weighted by molar-refractivity contribution is 5.77. The first-order chi connectivity index (χ1) is 14.7. The van der Waals surface area contributed by atoms with Crippen LogP contribution in [0.25, 0.3) is 0 Å². The van der Waals surface area contributed by atoms with Crippen LogP contribution in [0, 0.1) is 0 Å². The predicted molar refractivity (Wildman–Crippen MR) is 111 cm³/mol. The van der Waals surface area contributed by atoms with Crippen molar-refractivity contribution in [3.8, 4) is 0 Å². The summed E-state index contributed by atoms with van der Waals surface area (Å²) < 4.78 is 5.39. The number of aromatic nitrogens is 5. The molecule has 1 atom stereocenters. The van der Waals surface area contributed by atoms with Crippen LogP contribution in [0.15, 0.2) is 42.9 Å². The molecular formula is C21H25N7O2. The summed E-state index contributed by atoms with van der Waals surface area (Å²) in [5, 5.41) is 16.5. The van der Waals surface area contributed by atoms with Gasteiger partial charge in [-0.1, -0.05) is 24.3 Å². The van der Waals surface area contributed by atoms with E-state index in [1.54, 1.807) is 18.6 Å². The van der Waals surface area contributed by atoms with Crippen LogP contribution in [0.1, 0.15) is 35.3 Å². The van der Waals surface area contributed by atoms with E-state index >= 15 is 0 Å². The van der Waals surface area contributed by atoms with E-state index in [9.17, 15) is 4.79 Å². The minimum absolute atomic E-state index is 0.00900. The molecule has 1 aliphatic rings. The van der Waals surface area contributed by atoms with E-state index in [0.29, 0.717) is 25.0 Å². The Kier molecular flexibility index (Phi) is 6.29. The van der Waals surface area contributed by atoms with Gasteiger partial charge in [0.15, 0.2) is 0 Å². The zero-order chi connectivity index (χ0) is 20.8. The van der Waals surface area contributed by atoms with Gasteiger partial charge in [0, 0.05) is 30.4 Å². The van der Waals surface area contributed by atoms with E-state index in [1.165, 1.54) is 11.1 Å². The predicted octanol–water partition coefficient (Wildman–Crippen LogP) is 1.61. The molecule has 1 aromatic carbocycles. The monoisotopic (exact) mass is 407 g/mol. The van der Waals surface area contributed by atoms with Crippen LogP contribution in [0.4, 0.5) is 5.95 Å². The number of benzene rings is 1. The molecule has 3 aromatic rings. The van der Waals surface area contributed by atoms with Crippen molar-refractivity contribution in [3.63, 3.8) is 0 Å². The van der Waals surface area contributed by atoms with Crippen molar-refractivity contribution in [2.24, 2.45) is 0 Å². The number of amides is 1. The maximum absolute atomic E-state index is 12.1. The molecular weight excluding hydrogens is 382 g/mol. The molecule has 0 fully saturated rings. The van der Waals surface area contributed by atoms with Gasteiger partial charge in [0.25, 0.3) is 0 Å². The third kappa shape index (κ3) is 5.18. The Morgan fingerprint density at radius 2 is 1.93 bits per heavy atom. The van der Waals surface area contributed by atoms with Crippen LogP contribution in [-0.4, -0.2) is 50.5 Å². The standard InChI is InChI=1S/C21H25N7O2/c1-14(25-20(29)13-30-7-6-18-12-24-28-27-18)17-10-22-21(23-11-17)26-19-8-15-4-2-3-5-16(15)9-19/h2-5,10-12,14,19H,6-9,13H2,1H3,(H,25,29)(H,22,23,26)(H,24,27,28). The van der Waals surface area contributed by atoms with Crippen LogP contribution in [0.5, 0.6) is 0 Å². The number of nitrogens with zero attached hydrogens (tertiary/aromatic N) is 4. The third-order valence-corrected chi connectivity index (χ3v) is 5.13. The zero-order valence-electron chi connectivity index (χ0n) is 16.8. The summed E-state index contributed by atoms with van der Waals surface area (Å²) in [6.07, 6.45) is 7.68. The van der Waals surface area contributed by atoms with Gasteiger partial charge in [-0.05, 0) is 30.9 Å². The lowest BCUT2D eigenvalue weighted by Gasteiger charge is -2.15. The first-order valence-electron chi connectivity index (χ1n) is 10.0. The van der Waals surface area contributed by atoms with Gasteiger partial charge in [0.2, 0.25) is 11.9 Å². The van der Waals surface area contributed by atoms with Gasteiger partial charge in [-0.2, -0.15) is 15.4 Å². The lowest BCUT2D eigenvalue weighted by Crippen LogP contribution is -2.30. The number of hydrogen-bond donors (Lipinski definition) is 3. The number of fused-ring (bicyclic) bond motifs is 1. The van der Waals surface area contributed by atoms with Gasteiger partial charge in [-0.15, -0.1) is 0 Å². The number of rotatable bonds is 9. The van der Waals surface area contributed by atoms with Gasteiger partial charge in [-0.25, -0.2) is 9.97 Å². The van der Waals surface area contributed by atoms with Crippen molar-refractivity contribution in [1.29, 1.82) is 0 Å². The Morgan fingerprint density at radius 1 is 1.20 bits per heavy atom. The quantitative estimate of drug-likeness (QED) is 0.461. The molecule has 0 spiro atoms. The Labute approximate surface area is 174 Å². The van der Waals surface area contributed by atoms with E-state index in [-0.39, 0.29) is 18.6 Å². The van der Waals surface area contributed by atoms with E-state index in [0.717, 1.165) is 24.1 Å². The molecule has 1 amide bonds. The molecule has 1 aliphatic carbocycles. The summed E-state index contributed by atoms with van der Waals surface area (Å²) in [4.78, 5) is 20.9. The van der Waals surface area contributed by atoms with Crippen molar-refractivity contribution < 1.29 is 9.53 Å². The molecule has 0 bridgehead atoms. The van der Waals surface area contributed by atoms with Crippen LogP contribution < -0.4 is 10.6 Å². The Balaban J connectivity index is 1.20. The zero-order valence-corrected chi connectivity index (χ0v) is 16.8. The number of anilines is 1. The molecule has 9 heteroatoms. The van der Waals surface area contributed by atoms with Crippen LogP contribution in [0.2, 0.25) is 0 Å². The highest BCUT2D eigenvalue weighted by Gasteiger charge is 2.21. The lowest BCUT2D eigenvalue weighted by atomic mass is 10.1. The van der Waals surface area contributed by atoms with E-state index in [2.05, 4.69) is 60.3 Å². The number of aromatic amines is 1. The molecule has 2 aromatic heterocycles. The highest BCUT2D eigenvalue weighted by atomic mass is 16.5. The number of nitrogens with one attached hydrogen (secondary N) is 3. The second-order valence-corrected chi connectivity index (χ2v) is 7.41. The Hall–Kier alpha value is -3.33. The fourth-order valence-electron chi connectivity index (χ4n) is 3.53. The molecule has 156 valence electrons. The van der Waals surface area contributed by atoms with Gasteiger partial charge in [0.05, 0.1) is 24.5 Å². The Morgan fingerprint density at radius 3 is 2.60 bits per heavy atom. The second kappa shape index (κ2) is 9.45. The number of carbonyl (C=O) groups excluding carboxylic acids is 1. The van der Waals surface area contributed by atoms with E-state index < -0.39 is 0 Å². The average molecular weight is 407 g/mol. The summed E-state index contributed by atoms with van der Waals surface area (Å²) in [5.41, 5.74) is 4.40. The second-order valence-electron chi connectivity index (χ2n) is 7.41. The van der Waals surface area contributed by atoms with Crippen molar-refractivity contribution in [2.45, 2.75) is 38.3 Å². The molecule has 1 unspecified atom stereocenters. The molecule has 2 heterocycles. The minimum atomic E-state index is -0.207. The number of carbonyl (C=O) groups is 1. The normalized spacial score (nSPS) is 14.3. The fraction of sp³-hybridized carbons (Fsp3) is 0.381. The largest absolute Gasteiger partial charge is 0.371 e. The molecule has 9 nitrogen and oxygen atoms in total. The molecule has 0 radical (unpaired) electrons. The SMILES string of the molecule is CC(NC(=O)COCCc1cn[nH]n1)c1cnc(NC2Cc3ccccc3C2)nc1. The van der Waals surface area contributed by atoms with Crippen molar-refractivity contribution in [3.05, 3.63) is 65.2 Å². The lowest BCUT2D eigenvalue weighted by molar-refractivity contribution is -0.126. The summed E-state index contributed by atoms with van der Waals surface area (Å²) in [7, 11) is 0. The van der Waals surface area contributed by atoms with Crippen LogP contribution in [-0.2, 0) is 28.8 Å². The topological polar surface area (TPSA) is 118 Å². The number of H-pyrrole nitrogens is 1. The molecule has 4 rings (SSSR count). The van der Waals surface area contributed by atoms with Crippen LogP contribution in [0.3, 0.4) is 0 Å². The maximum Gasteiger partial charge on any atom is 0.246 e. The van der Waals surface area contributed by atoms with Crippen molar-refractivity contribution in [2.75, 3.05) is 18.5 Å². The molecule has 0 saturated heterocycles. The summed E-state index contributed by atoms with van der Waals surface area (Å²) in [6.45, 7) is 2.29. The molecule has 0 saturated carbocycles. The first kappa shape index (κ1) is 20.0. The molecule has 0 aliphatic heterocycles. The first-order valence-corrected chi connectivity index (χ1v) is 10.0. The summed E-state index contributed by atoms with van der Waals surface area (Å²) in [5.74, 6) is 0.417. The fourth-order valence-corrected chi connectivity index (χ4v) is 3.53. The van der Waals surface area contributed by atoms with Gasteiger partial charge >= 0.3 is 0 Å².